The lowest BCUT2D eigenvalue weighted by Gasteiger charge is -2.38. The Morgan fingerprint density at radius 1 is 0.946 bits per heavy atom. The molecule has 0 fully saturated rings. The number of fused-ring (bicyclic) bond motifs is 2. The van der Waals surface area contributed by atoms with Crippen molar-refractivity contribution in [3.05, 3.63) is 95.0 Å². The fraction of sp³-hybridized carbons (Fsp3) is 0.143. The van der Waals surface area contributed by atoms with Crippen molar-refractivity contribution in [3.63, 3.8) is 0 Å². The molecule has 0 bridgehead atoms. The van der Waals surface area contributed by atoms with E-state index in [2.05, 4.69) is 10.7 Å². The second kappa shape index (κ2) is 10.3. The minimum atomic E-state index is -0.734. The second-order valence-corrected chi connectivity index (χ2v) is 8.76. The van der Waals surface area contributed by atoms with Crippen molar-refractivity contribution in [2.24, 2.45) is 0 Å². The molecule has 1 aliphatic heterocycles. The first-order chi connectivity index (χ1) is 18.0. The molecule has 188 valence electrons. The number of nitrogens with zero attached hydrogens (tertiary/aromatic N) is 1. The molecule has 2 amide bonds. The van der Waals surface area contributed by atoms with Gasteiger partial charge in [0.05, 0.1) is 19.8 Å². The van der Waals surface area contributed by atoms with Crippen LogP contribution in [0.25, 0.3) is 10.8 Å². The Kier molecular flexibility index (Phi) is 6.74. The maximum absolute atomic E-state index is 13.5. The van der Waals surface area contributed by atoms with Gasteiger partial charge >= 0.3 is 0 Å². The zero-order valence-corrected chi connectivity index (χ0v) is 20.9. The van der Waals surface area contributed by atoms with E-state index in [1.54, 1.807) is 49.6 Å². The zero-order chi connectivity index (χ0) is 25.9. The Hall–Kier alpha value is -4.43. The van der Waals surface area contributed by atoms with Crippen LogP contribution in [-0.2, 0) is 4.79 Å². The number of benzene rings is 4. The number of nitrogens with one attached hydrogen (secondary N) is 2. The molecule has 2 N–H and O–H groups in total. The van der Waals surface area contributed by atoms with Gasteiger partial charge in [-0.2, -0.15) is 0 Å². The van der Waals surface area contributed by atoms with Crippen LogP contribution in [0.4, 0.5) is 5.69 Å². The summed E-state index contributed by atoms with van der Waals surface area (Å²) in [4.78, 5) is 26.5. The molecule has 0 saturated heterocycles. The van der Waals surface area contributed by atoms with Crippen LogP contribution in [-0.4, -0.2) is 37.6 Å². The third-order valence-electron chi connectivity index (χ3n) is 6.06. The molecule has 9 heteroatoms. The minimum Gasteiger partial charge on any atom is -0.493 e. The van der Waals surface area contributed by atoms with Crippen molar-refractivity contribution in [3.8, 4) is 17.2 Å². The van der Waals surface area contributed by atoms with E-state index >= 15 is 0 Å². The van der Waals surface area contributed by atoms with Crippen molar-refractivity contribution in [1.29, 1.82) is 0 Å². The first kappa shape index (κ1) is 24.3. The Morgan fingerprint density at radius 2 is 1.73 bits per heavy atom. The predicted octanol–water partition coefficient (Wildman–Crippen LogP) is 5.19. The Balaban J connectivity index is 1.42. The van der Waals surface area contributed by atoms with Gasteiger partial charge in [-0.3, -0.25) is 15.0 Å². The highest BCUT2D eigenvalue weighted by Gasteiger charge is 2.35. The number of methoxy groups -OCH3 is 2. The molecule has 0 aliphatic carbocycles. The van der Waals surface area contributed by atoms with Crippen LogP contribution < -0.4 is 25.0 Å². The number of carbonyl (C=O) groups is 2. The number of ether oxygens (including phenoxy) is 3. The summed E-state index contributed by atoms with van der Waals surface area (Å²) in [5.74, 6) is 0.680. The van der Waals surface area contributed by atoms with E-state index in [1.807, 2.05) is 36.4 Å². The monoisotopic (exact) mass is 517 g/mol. The summed E-state index contributed by atoms with van der Waals surface area (Å²) in [5.41, 5.74) is 4.29. The number of amides is 2. The quantitative estimate of drug-likeness (QED) is 0.351. The largest absolute Gasteiger partial charge is 0.493 e. The van der Waals surface area contributed by atoms with Gasteiger partial charge in [0.15, 0.2) is 18.1 Å². The fourth-order valence-electron chi connectivity index (χ4n) is 4.28. The van der Waals surface area contributed by atoms with Gasteiger partial charge in [-0.25, -0.2) is 5.01 Å². The Morgan fingerprint density at radius 3 is 2.54 bits per heavy atom. The van der Waals surface area contributed by atoms with Gasteiger partial charge in [0, 0.05) is 21.7 Å². The van der Waals surface area contributed by atoms with Gasteiger partial charge in [-0.05, 0) is 41.8 Å². The van der Waals surface area contributed by atoms with Gasteiger partial charge < -0.3 is 19.5 Å². The van der Waals surface area contributed by atoms with Crippen molar-refractivity contribution in [2.75, 3.05) is 26.1 Å². The molecule has 0 spiro atoms. The number of anilines is 1. The molecule has 1 heterocycles. The highest BCUT2D eigenvalue weighted by atomic mass is 35.5. The van der Waals surface area contributed by atoms with Crippen LogP contribution in [0, 0.1) is 0 Å². The van der Waals surface area contributed by atoms with Gasteiger partial charge in [0.25, 0.3) is 11.8 Å². The second-order valence-electron chi connectivity index (χ2n) is 8.33. The van der Waals surface area contributed by atoms with Crippen molar-refractivity contribution < 1.29 is 23.8 Å². The summed E-state index contributed by atoms with van der Waals surface area (Å²) < 4.78 is 16.6. The summed E-state index contributed by atoms with van der Waals surface area (Å²) in [7, 11) is 3.07. The van der Waals surface area contributed by atoms with Crippen molar-refractivity contribution in [1.82, 2.24) is 10.4 Å². The first-order valence-corrected chi connectivity index (χ1v) is 11.9. The molecular weight excluding hydrogens is 494 g/mol. The van der Waals surface area contributed by atoms with Crippen molar-refractivity contribution >= 4 is 39.9 Å². The average Bonchev–Trinajstić information content (AvgIpc) is 2.93. The lowest BCUT2D eigenvalue weighted by molar-refractivity contribution is -0.127. The maximum Gasteiger partial charge on any atom is 0.276 e. The highest BCUT2D eigenvalue weighted by molar-refractivity contribution is 6.31. The van der Waals surface area contributed by atoms with Crippen molar-refractivity contribution in [2.45, 2.75) is 6.17 Å². The standard InChI is InChI=1S/C28H24ClN3O5/c1-35-24-13-10-18(14-25(24)36-2)27-30-22-12-11-19(29)15-21(22)28(34)32(27)31-26(33)16-37-23-9-5-7-17-6-3-4-8-20(17)23/h3-15,27,30H,16H2,1-2H3,(H,31,33). The summed E-state index contributed by atoms with van der Waals surface area (Å²) in [5, 5.41) is 6.83. The Labute approximate surface area is 218 Å². The number of hydrogen-bond acceptors (Lipinski definition) is 6. The van der Waals surface area contributed by atoms with Gasteiger partial charge in [-0.1, -0.05) is 54.1 Å². The van der Waals surface area contributed by atoms with Crippen LogP contribution in [0.5, 0.6) is 17.2 Å². The molecule has 37 heavy (non-hydrogen) atoms. The third kappa shape index (κ3) is 4.83. The van der Waals surface area contributed by atoms with E-state index in [0.29, 0.717) is 39.1 Å². The normalized spacial score (nSPS) is 14.5. The summed E-state index contributed by atoms with van der Waals surface area (Å²) in [6, 6.07) is 23.6. The van der Waals surface area contributed by atoms with Crippen LogP contribution >= 0.6 is 11.6 Å². The van der Waals surface area contributed by atoms with E-state index in [4.69, 9.17) is 25.8 Å². The summed E-state index contributed by atoms with van der Waals surface area (Å²) in [6.07, 6.45) is -0.734. The SMILES string of the molecule is COc1ccc(C2Nc3ccc(Cl)cc3C(=O)N2NC(=O)COc2cccc3ccccc23)cc1OC. The van der Waals surface area contributed by atoms with E-state index in [0.717, 1.165) is 10.8 Å². The third-order valence-corrected chi connectivity index (χ3v) is 6.29. The fourth-order valence-corrected chi connectivity index (χ4v) is 4.45. The molecule has 4 aromatic rings. The Bertz CT molecular complexity index is 1490. The molecule has 1 unspecified atom stereocenters. The molecule has 1 atom stereocenters. The molecule has 4 aromatic carbocycles. The van der Waals surface area contributed by atoms with E-state index in [9.17, 15) is 9.59 Å². The van der Waals surface area contributed by atoms with Gasteiger partial charge in [-0.15, -0.1) is 0 Å². The van der Waals surface area contributed by atoms with Crippen LogP contribution in [0.1, 0.15) is 22.1 Å². The molecule has 8 nitrogen and oxygen atoms in total. The number of rotatable bonds is 7. The maximum atomic E-state index is 13.5. The van der Waals surface area contributed by atoms with Gasteiger partial charge in [0.2, 0.25) is 0 Å². The number of halogens is 1. The smallest absolute Gasteiger partial charge is 0.276 e. The minimum absolute atomic E-state index is 0.293. The van der Waals surface area contributed by atoms with Crippen LogP contribution in [0.15, 0.2) is 78.9 Å². The number of hydrogen-bond donors (Lipinski definition) is 2. The topological polar surface area (TPSA) is 89.1 Å². The first-order valence-electron chi connectivity index (χ1n) is 11.5. The summed E-state index contributed by atoms with van der Waals surface area (Å²) >= 11 is 6.15. The number of carbonyl (C=O) groups excluding carboxylic acids is 2. The highest BCUT2D eigenvalue weighted by Crippen LogP contribution is 2.37. The molecule has 5 rings (SSSR count). The zero-order valence-electron chi connectivity index (χ0n) is 20.2. The van der Waals surface area contributed by atoms with Crippen LogP contribution in [0.2, 0.25) is 5.02 Å². The van der Waals surface area contributed by atoms with Gasteiger partial charge in [0.1, 0.15) is 11.9 Å². The van der Waals surface area contributed by atoms with E-state index in [-0.39, 0.29) is 6.61 Å². The number of hydrazine groups is 1. The van der Waals surface area contributed by atoms with E-state index < -0.39 is 18.0 Å². The average molecular weight is 518 g/mol. The molecule has 0 saturated carbocycles. The molecule has 1 aliphatic rings. The van der Waals surface area contributed by atoms with Crippen LogP contribution in [0.3, 0.4) is 0 Å². The lowest BCUT2D eigenvalue weighted by atomic mass is 10.0. The lowest BCUT2D eigenvalue weighted by Crippen LogP contribution is -2.53. The predicted molar refractivity (Wildman–Crippen MR) is 141 cm³/mol. The molecular formula is C28H24ClN3O5. The summed E-state index contributed by atoms with van der Waals surface area (Å²) in [6.45, 7) is -0.293. The van der Waals surface area contributed by atoms with E-state index in [1.165, 1.54) is 12.1 Å². The molecule has 0 aromatic heterocycles. The molecule has 0 radical (unpaired) electrons.